The van der Waals surface area contributed by atoms with Gasteiger partial charge in [-0.15, -0.1) is 0 Å². The number of hydrogen-bond acceptors (Lipinski definition) is 2. The summed E-state index contributed by atoms with van der Waals surface area (Å²) in [6, 6.07) is 7.18. The van der Waals surface area contributed by atoms with Crippen LogP contribution in [0, 0.1) is 0 Å². The van der Waals surface area contributed by atoms with E-state index >= 15 is 0 Å². The molecule has 0 bridgehead atoms. The van der Waals surface area contributed by atoms with Gasteiger partial charge in [0.25, 0.3) is 0 Å². The van der Waals surface area contributed by atoms with E-state index in [0.29, 0.717) is 5.75 Å². The molecular weight excluding hydrogens is 224 g/mol. The van der Waals surface area contributed by atoms with Gasteiger partial charge >= 0.3 is 5.97 Å². The quantitative estimate of drug-likeness (QED) is 0.428. The zero-order valence-electron chi connectivity index (χ0n) is 10.2. The first-order valence-corrected chi connectivity index (χ1v) is 5.63. The van der Waals surface area contributed by atoms with Gasteiger partial charge < -0.3 is 4.74 Å². The van der Waals surface area contributed by atoms with E-state index in [0.717, 1.165) is 5.56 Å². The first kappa shape index (κ1) is 13.7. The first-order chi connectivity index (χ1) is 8.76. The second-order valence-corrected chi connectivity index (χ2v) is 3.50. The minimum absolute atomic E-state index is 0.241. The van der Waals surface area contributed by atoms with Crippen LogP contribution in [0.3, 0.4) is 0 Å². The number of allylic oxidation sites excluding steroid dienone is 4. The van der Waals surface area contributed by atoms with Crippen molar-refractivity contribution in [1.29, 1.82) is 0 Å². The standard InChI is InChI=1S/C16H16O2/c1-3-5-6-7-8-9-16(17)18-15-12-10-14(4-2)11-13-15/h3-8,10-13H,1-2,9H2/b6-5-,8-7-. The molecule has 0 saturated carbocycles. The second-order valence-electron chi connectivity index (χ2n) is 3.50. The molecule has 2 heteroatoms. The lowest BCUT2D eigenvalue weighted by molar-refractivity contribution is -0.133. The van der Waals surface area contributed by atoms with Crippen LogP contribution in [-0.2, 0) is 4.79 Å². The third-order valence-electron chi connectivity index (χ3n) is 2.13. The molecule has 0 N–H and O–H groups in total. The molecule has 0 spiro atoms. The van der Waals surface area contributed by atoms with Crippen LogP contribution in [0.5, 0.6) is 5.75 Å². The molecular formula is C16H16O2. The molecule has 0 atom stereocenters. The van der Waals surface area contributed by atoms with Gasteiger partial charge in [-0.25, -0.2) is 0 Å². The van der Waals surface area contributed by atoms with Crippen molar-refractivity contribution in [2.24, 2.45) is 0 Å². The number of hydrogen-bond donors (Lipinski definition) is 0. The van der Waals surface area contributed by atoms with E-state index in [1.165, 1.54) is 0 Å². The van der Waals surface area contributed by atoms with Crippen LogP contribution < -0.4 is 4.74 Å². The number of carbonyl (C=O) groups is 1. The second kappa shape index (κ2) is 7.85. The van der Waals surface area contributed by atoms with Gasteiger partial charge in [-0.3, -0.25) is 4.79 Å². The Bertz CT molecular complexity index is 464. The molecule has 0 aliphatic carbocycles. The molecule has 0 aliphatic heterocycles. The Balaban J connectivity index is 2.43. The summed E-state index contributed by atoms with van der Waals surface area (Å²) in [5.74, 6) is 0.255. The van der Waals surface area contributed by atoms with Crippen molar-refractivity contribution in [2.45, 2.75) is 6.42 Å². The van der Waals surface area contributed by atoms with Crippen LogP contribution in [0.1, 0.15) is 12.0 Å². The molecule has 0 saturated heterocycles. The summed E-state index contributed by atoms with van der Waals surface area (Å²) in [4.78, 5) is 11.5. The minimum Gasteiger partial charge on any atom is -0.426 e. The predicted molar refractivity (Wildman–Crippen MR) is 75.3 cm³/mol. The molecule has 0 aromatic heterocycles. The Kier molecular flexibility index (Phi) is 5.98. The Hall–Kier alpha value is -2.35. The van der Waals surface area contributed by atoms with Gasteiger partial charge in [0.2, 0.25) is 0 Å². The fraction of sp³-hybridized carbons (Fsp3) is 0.0625. The smallest absolute Gasteiger partial charge is 0.315 e. The van der Waals surface area contributed by atoms with Crippen LogP contribution >= 0.6 is 0 Å². The van der Waals surface area contributed by atoms with Gasteiger partial charge in [0.05, 0.1) is 6.42 Å². The monoisotopic (exact) mass is 240 g/mol. The largest absolute Gasteiger partial charge is 0.426 e. The maximum atomic E-state index is 11.5. The van der Waals surface area contributed by atoms with Crippen LogP contribution in [0.2, 0.25) is 0 Å². The molecule has 1 aromatic carbocycles. The lowest BCUT2D eigenvalue weighted by Crippen LogP contribution is -2.05. The summed E-state index contributed by atoms with van der Waals surface area (Å²) in [5, 5.41) is 0. The number of carbonyl (C=O) groups excluding carboxylic acids is 1. The molecule has 92 valence electrons. The Morgan fingerprint density at radius 3 is 2.44 bits per heavy atom. The van der Waals surface area contributed by atoms with Gasteiger partial charge in [0.15, 0.2) is 0 Å². The number of benzene rings is 1. The van der Waals surface area contributed by atoms with Crippen molar-refractivity contribution in [2.75, 3.05) is 0 Å². The molecule has 1 aromatic rings. The van der Waals surface area contributed by atoms with E-state index in [4.69, 9.17) is 4.74 Å². The average Bonchev–Trinajstić information content (AvgIpc) is 2.39. The molecule has 0 amide bonds. The summed E-state index contributed by atoms with van der Waals surface area (Å²) in [7, 11) is 0. The highest BCUT2D eigenvalue weighted by Crippen LogP contribution is 2.13. The Morgan fingerprint density at radius 1 is 1.11 bits per heavy atom. The molecule has 1 rings (SSSR count). The normalized spacial score (nSPS) is 10.7. The van der Waals surface area contributed by atoms with E-state index in [2.05, 4.69) is 13.2 Å². The zero-order valence-corrected chi connectivity index (χ0v) is 10.2. The van der Waals surface area contributed by atoms with Crippen molar-refractivity contribution in [1.82, 2.24) is 0 Å². The number of ether oxygens (including phenoxy) is 1. The van der Waals surface area contributed by atoms with E-state index in [1.807, 2.05) is 12.1 Å². The maximum absolute atomic E-state index is 11.5. The fourth-order valence-corrected chi connectivity index (χ4v) is 1.23. The van der Waals surface area contributed by atoms with E-state index < -0.39 is 0 Å². The molecule has 0 heterocycles. The minimum atomic E-state index is -0.287. The lowest BCUT2D eigenvalue weighted by Gasteiger charge is -2.02. The van der Waals surface area contributed by atoms with Crippen molar-refractivity contribution >= 4 is 12.0 Å². The van der Waals surface area contributed by atoms with Crippen LogP contribution in [0.25, 0.3) is 6.08 Å². The molecule has 18 heavy (non-hydrogen) atoms. The highest BCUT2D eigenvalue weighted by molar-refractivity contribution is 5.74. The molecule has 0 radical (unpaired) electrons. The van der Waals surface area contributed by atoms with E-state index in [9.17, 15) is 4.79 Å². The number of rotatable bonds is 6. The van der Waals surface area contributed by atoms with Crippen LogP contribution in [0.15, 0.2) is 67.8 Å². The van der Waals surface area contributed by atoms with Gasteiger partial charge in [0, 0.05) is 0 Å². The van der Waals surface area contributed by atoms with Crippen LogP contribution in [-0.4, -0.2) is 5.97 Å². The summed E-state index contributed by atoms with van der Waals surface area (Å²) in [6.07, 6.45) is 10.8. The van der Waals surface area contributed by atoms with Crippen molar-refractivity contribution < 1.29 is 9.53 Å². The fourth-order valence-electron chi connectivity index (χ4n) is 1.23. The summed E-state index contributed by atoms with van der Waals surface area (Å²) < 4.78 is 5.15. The average molecular weight is 240 g/mol. The third kappa shape index (κ3) is 5.12. The van der Waals surface area contributed by atoms with E-state index in [1.54, 1.807) is 48.6 Å². The SMILES string of the molecule is C=C/C=C\C=C/CC(=O)Oc1ccc(C=C)cc1. The molecule has 0 unspecified atom stereocenters. The summed E-state index contributed by atoms with van der Waals surface area (Å²) in [6.45, 7) is 7.20. The molecule has 0 fully saturated rings. The highest BCUT2D eigenvalue weighted by atomic mass is 16.5. The van der Waals surface area contributed by atoms with Crippen molar-refractivity contribution in [3.05, 3.63) is 73.4 Å². The zero-order chi connectivity index (χ0) is 13.2. The van der Waals surface area contributed by atoms with Crippen LogP contribution in [0.4, 0.5) is 0 Å². The van der Waals surface area contributed by atoms with Gasteiger partial charge in [-0.05, 0) is 17.7 Å². The Morgan fingerprint density at radius 2 is 1.83 bits per heavy atom. The van der Waals surface area contributed by atoms with Gasteiger partial charge in [0.1, 0.15) is 5.75 Å². The Labute approximate surface area is 108 Å². The third-order valence-corrected chi connectivity index (χ3v) is 2.13. The van der Waals surface area contributed by atoms with Gasteiger partial charge in [-0.2, -0.15) is 0 Å². The molecule has 0 aliphatic rings. The summed E-state index contributed by atoms with van der Waals surface area (Å²) >= 11 is 0. The lowest BCUT2D eigenvalue weighted by atomic mass is 10.2. The van der Waals surface area contributed by atoms with Crippen molar-refractivity contribution in [3.63, 3.8) is 0 Å². The molecule has 2 nitrogen and oxygen atoms in total. The maximum Gasteiger partial charge on any atom is 0.315 e. The van der Waals surface area contributed by atoms with Crippen molar-refractivity contribution in [3.8, 4) is 5.75 Å². The predicted octanol–water partition coefficient (Wildman–Crippen LogP) is 3.92. The highest BCUT2D eigenvalue weighted by Gasteiger charge is 2.01. The first-order valence-electron chi connectivity index (χ1n) is 5.63. The summed E-state index contributed by atoms with van der Waals surface area (Å²) in [5.41, 5.74) is 0.990. The van der Waals surface area contributed by atoms with Gasteiger partial charge in [-0.1, -0.05) is 61.7 Å². The topological polar surface area (TPSA) is 26.3 Å². The van der Waals surface area contributed by atoms with E-state index in [-0.39, 0.29) is 12.4 Å². The number of esters is 1.